The lowest BCUT2D eigenvalue weighted by atomic mass is 10.1. The maximum Gasteiger partial charge on any atom is 0.319 e. The summed E-state index contributed by atoms with van der Waals surface area (Å²) < 4.78 is 0. The predicted octanol–water partition coefficient (Wildman–Crippen LogP) is 3.65. The minimum absolute atomic E-state index is 0.201. The third kappa shape index (κ3) is 4.88. The van der Waals surface area contributed by atoms with Crippen LogP contribution in [0, 0.1) is 0 Å². The van der Waals surface area contributed by atoms with Crippen LogP contribution in [0.5, 0.6) is 0 Å². The molecular weight excluding hydrogens is 326 g/mol. The molecule has 0 aliphatic rings. The van der Waals surface area contributed by atoms with E-state index in [1.54, 1.807) is 24.3 Å². The molecule has 3 N–H and O–H groups in total. The zero-order chi connectivity index (χ0) is 17.5. The molecule has 6 heteroatoms. The van der Waals surface area contributed by atoms with Crippen LogP contribution in [0.3, 0.4) is 0 Å². The summed E-state index contributed by atoms with van der Waals surface area (Å²) in [6.07, 6.45) is 0. The maximum atomic E-state index is 12.2. The third-order valence-electron chi connectivity index (χ3n) is 3.78. The van der Waals surface area contributed by atoms with Gasteiger partial charge in [0.05, 0.1) is 12.6 Å². The molecule has 1 atom stereocenters. The van der Waals surface area contributed by atoms with E-state index in [0.717, 1.165) is 17.8 Å². The normalized spacial score (nSPS) is 11.7. The zero-order valence-electron chi connectivity index (χ0n) is 13.8. The smallest absolute Gasteiger partial charge is 0.319 e. The monoisotopic (exact) mass is 347 g/mol. The number of hydrogen-bond donors (Lipinski definition) is 3. The van der Waals surface area contributed by atoms with E-state index >= 15 is 0 Å². The molecule has 0 aromatic heterocycles. The Balaban J connectivity index is 2.02. The minimum Gasteiger partial charge on any atom is -0.394 e. The fraction of sp³-hybridized carbons (Fsp3) is 0.278. The number of carbonyl (C=O) groups is 1. The van der Waals surface area contributed by atoms with Crippen LogP contribution in [0.25, 0.3) is 0 Å². The number of nitrogens with zero attached hydrogens (tertiary/aromatic N) is 1. The summed E-state index contributed by atoms with van der Waals surface area (Å²) in [6.45, 7) is 2.73. The molecule has 2 rings (SSSR count). The molecule has 24 heavy (non-hydrogen) atoms. The molecule has 0 heterocycles. The molecule has 0 aliphatic heterocycles. The second-order valence-electron chi connectivity index (χ2n) is 5.45. The lowest BCUT2D eigenvalue weighted by Crippen LogP contribution is -2.34. The lowest BCUT2D eigenvalue weighted by Gasteiger charge is -2.19. The Hall–Kier alpha value is -2.24. The van der Waals surface area contributed by atoms with Gasteiger partial charge in [-0.2, -0.15) is 0 Å². The Kier molecular flexibility index (Phi) is 6.46. The summed E-state index contributed by atoms with van der Waals surface area (Å²) in [5.74, 6) is 0. The van der Waals surface area contributed by atoms with Crippen molar-refractivity contribution in [3.63, 3.8) is 0 Å². The van der Waals surface area contributed by atoms with Crippen LogP contribution in [0.15, 0.2) is 48.5 Å². The summed E-state index contributed by atoms with van der Waals surface area (Å²) in [5, 5.41) is 15.7. The zero-order valence-corrected chi connectivity index (χ0v) is 14.5. The van der Waals surface area contributed by atoms with Crippen molar-refractivity contribution in [2.75, 3.05) is 30.4 Å². The molecule has 0 radical (unpaired) electrons. The molecule has 5 nitrogen and oxygen atoms in total. The van der Waals surface area contributed by atoms with Crippen molar-refractivity contribution in [2.24, 2.45) is 0 Å². The average molecular weight is 348 g/mol. The quantitative estimate of drug-likeness (QED) is 0.747. The number of urea groups is 1. The van der Waals surface area contributed by atoms with Gasteiger partial charge in [0.25, 0.3) is 0 Å². The number of hydrogen-bond acceptors (Lipinski definition) is 3. The molecule has 0 bridgehead atoms. The number of carbonyl (C=O) groups excluding carboxylic acids is 1. The van der Waals surface area contributed by atoms with Crippen LogP contribution < -0.4 is 15.5 Å². The van der Waals surface area contributed by atoms with Crippen LogP contribution in [-0.4, -0.2) is 31.3 Å². The van der Waals surface area contributed by atoms with Gasteiger partial charge >= 0.3 is 6.03 Å². The first kappa shape index (κ1) is 18.1. The van der Waals surface area contributed by atoms with Crippen LogP contribution in [-0.2, 0) is 0 Å². The van der Waals surface area contributed by atoms with Gasteiger partial charge in [0.1, 0.15) is 0 Å². The van der Waals surface area contributed by atoms with Gasteiger partial charge in [-0.05, 0) is 42.8 Å². The van der Waals surface area contributed by atoms with Crippen molar-refractivity contribution in [1.29, 1.82) is 0 Å². The Morgan fingerprint density at radius 2 is 1.96 bits per heavy atom. The van der Waals surface area contributed by atoms with E-state index in [2.05, 4.69) is 22.5 Å². The van der Waals surface area contributed by atoms with Crippen molar-refractivity contribution in [1.82, 2.24) is 5.32 Å². The van der Waals surface area contributed by atoms with Crippen LogP contribution in [0.4, 0.5) is 16.2 Å². The summed E-state index contributed by atoms with van der Waals surface area (Å²) >= 11 is 5.86. The lowest BCUT2D eigenvalue weighted by molar-refractivity contribution is 0.225. The van der Waals surface area contributed by atoms with E-state index in [1.165, 1.54) is 0 Å². The van der Waals surface area contributed by atoms with Crippen LogP contribution >= 0.6 is 11.6 Å². The number of aliphatic hydroxyl groups is 1. The molecule has 0 aliphatic carbocycles. The topological polar surface area (TPSA) is 64.6 Å². The van der Waals surface area contributed by atoms with Crippen molar-refractivity contribution in [3.8, 4) is 0 Å². The molecule has 2 amide bonds. The molecule has 0 saturated carbocycles. The second kappa shape index (κ2) is 8.57. The van der Waals surface area contributed by atoms with Gasteiger partial charge < -0.3 is 20.6 Å². The largest absolute Gasteiger partial charge is 0.394 e. The standard InChI is InChI=1S/C18H22ClN3O2/c1-3-22(2)16-6-4-5-15(11-16)20-18(24)21-17(12-23)13-7-9-14(19)10-8-13/h4-11,17,23H,3,12H2,1-2H3,(H2,20,21,24). The average Bonchev–Trinajstić information content (AvgIpc) is 2.60. The Labute approximate surface area is 147 Å². The third-order valence-corrected chi connectivity index (χ3v) is 4.03. The Morgan fingerprint density at radius 3 is 2.58 bits per heavy atom. The predicted molar refractivity (Wildman–Crippen MR) is 98.8 cm³/mol. The molecule has 128 valence electrons. The number of anilines is 2. The SMILES string of the molecule is CCN(C)c1cccc(NC(=O)NC(CO)c2ccc(Cl)cc2)c1. The van der Waals surface area contributed by atoms with E-state index < -0.39 is 6.04 Å². The summed E-state index contributed by atoms with van der Waals surface area (Å²) in [7, 11) is 1.99. The van der Waals surface area contributed by atoms with Crippen LogP contribution in [0.1, 0.15) is 18.5 Å². The second-order valence-corrected chi connectivity index (χ2v) is 5.89. The number of halogens is 1. The first-order valence-electron chi connectivity index (χ1n) is 7.78. The molecule has 2 aromatic rings. The highest BCUT2D eigenvalue weighted by Gasteiger charge is 2.14. The van der Waals surface area contributed by atoms with Gasteiger partial charge in [0.2, 0.25) is 0 Å². The highest BCUT2D eigenvalue weighted by atomic mass is 35.5. The highest BCUT2D eigenvalue weighted by molar-refractivity contribution is 6.30. The number of benzene rings is 2. The van der Waals surface area contributed by atoms with Crippen molar-refractivity contribution < 1.29 is 9.90 Å². The molecule has 0 spiro atoms. The van der Waals surface area contributed by atoms with Crippen LogP contribution in [0.2, 0.25) is 5.02 Å². The maximum absolute atomic E-state index is 12.2. The number of rotatable bonds is 6. The highest BCUT2D eigenvalue weighted by Crippen LogP contribution is 2.19. The fourth-order valence-corrected chi connectivity index (χ4v) is 2.38. The van der Waals surface area contributed by atoms with E-state index in [-0.39, 0.29) is 12.6 Å². The van der Waals surface area contributed by atoms with E-state index in [1.807, 2.05) is 31.3 Å². The Bertz CT molecular complexity index is 676. The summed E-state index contributed by atoms with van der Waals surface area (Å²) in [5.41, 5.74) is 2.50. The van der Waals surface area contributed by atoms with Crippen molar-refractivity contribution >= 4 is 29.0 Å². The van der Waals surface area contributed by atoms with E-state index in [4.69, 9.17) is 11.6 Å². The molecule has 0 saturated heterocycles. The Morgan fingerprint density at radius 1 is 1.25 bits per heavy atom. The van der Waals surface area contributed by atoms with E-state index in [9.17, 15) is 9.90 Å². The molecule has 1 unspecified atom stereocenters. The van der Waals surface area contributed by atoms with Crippen molar-refractivity contribution in [3.05, 3.63) is 59.1 Å². The van der Waals surface area contributed by atoms with Crippen molar-refractivity contribution in [2.45, 2.75) is 13.0 Å². The molecular formula is C18H22ClN3O2. The summed E-state index contributed by atoms with van der Waals surface area (Å²) in [4.78, 5) is 14.3. The fourth-order valence-electron chi connectivity index (χ4n) is 2.26. The first-order valence-corrected chi connectivity index (χ1v) is 8.16. The first-order chi connectivity index (χ1) is 11.5. The van der Waals surface area contributed by atoms with Gasteiger partial charge in [-0.1, -0.05) is 29.8 Å². The van der Waals surface area contributed by atoms with Gasteiger partial charge in [-0.3, -0.25) is 0 Å². The summed E-state index contributed by atoms with van der Waals surface area (Å²) in [6, 6.07) is 13.7. The minimum atomic E-state index is -0.497. The molecule has 2 aromatic carbocycles. The van der Waals surface area contributed by atoms with Gasteiger partial charge in [-0.25, -0.2) is 4.79 Å². The van der Waals surface area contributed by atoms with Gasteiger partial charge in [-0.15, -0.1) is 0 Å². The van der Waals surface area contributed by atoms with E-state index in [0.29, 0.717) is 10.7 Å². The molecule has 0 fully saturated rings. The van der Waals surface area contributed by atoms with Gasteiger partial charge in [0, 0.05) is 30.0 Å². The van der Waals surface area contributed by atoms with Gasteiger partial charge in [0.15, 0.2) is 0 Å². The number of nitrogens with one attached hydrogen (secondary N) is 2. The number of aliphatic hydroxyl groups excluding tert-OH is 1. The number of amides is 2.